The van der Waals surface area contributed by atoms with E-state index < -0.39 is 0 Å². The van der Waals surface area contributed by atoms with E-state index >= 15 is 0 Å². The second-order valence-corrected chi connectivity index (χ2v) is 5.06. The van der Waals surface area contributed by atoms with Crippen molar-refractivity contribution in [2.45, 2.75) is 19.4 Å². The van der Waals surface area contributed by atoms with Crippen LogP contribution < -0.4 is 10.6 Å². The lowest BCUT2D eigenvalue weighted by atomic mass is 9.88. The number of hydrogen-bond donors (Lipinski definition) is 2. The molecular weight excluding hydrogens is 232 g/mol. The van der Waals surface area contributed by atoms with Crippen LogP contribution in [0.2, 0.25) is 0 Å². The second-order valence-electron chi connectivity index (χ2n) is 5.06. The fourth-order valence-corrected chi connectivity index (χ4v) is 2.93. The highest BCUT2D eigenvalue weighted by Gasteiger charge is 2.21. The zero-order valence-corrected chi connectivity index (χ0v) is 12.1. The van der Waals surface area contributed by atoms with Crippen LogP contribution in [-0.4, -0.2) is 20.6 Å². The van der Waals surface area contributed by atoms with Crippen LogP contribution in [0.25, 0.3) is 10.8 Å². The van der Waals surface area contributed by atoms with Gasteiger partial charge in [-0.15, -0.1) is 0 Å². The van der Waals surface area contributed by atoms with E-state index in [0.29, 0.717) is 12.0 Å². The topological polar surface area (TPSA) is 24.1 Å². The molecule has 2 aromatic rings. The first kappa shape index (κ1) is 14.0. The Morgan fingerprint density at radius 1 is 1.00 bits per heavy atom. The molecule has 2 N–H and O–H groups in total. The van der Waals surface area contributed by atoms with E-state index in [4.69, 9.17) is 0 Å². The van der Waals surface area contributed by atoms with Crippen molar-refractivity contribution in [3.63, 3.8) is 0 Å². The van der Waals surface area contributed by atoms with Gasteiger partial charge in [0.15, 0.2) is 0 Å². The van der Waals surface area contributed by atoms with Crippen molar-refractivity contribution in [2.24, 2.45) is 5.92 Å². The summed E-state index contributed by atoms with van der Waals surface area (Å²) in [5.74, 6) is 0.598. The molecule has 2 nitrogen and oxygen atoms in total. The number of hydrogen-bond acceptors (Lipinski definition) is 2. The third-order valence-electron chi connectivity index (χ3n) is 3.93. The van der Waals surface area contributed by atoms with Crippen LogP contribution in [0.5, 0.6) is 0 Å². The van der Waals surface area contributed by atoms with Crippen molar-refractivity contribution in [1.29, 1.82) is 0 Å². The van der Waals surface area contributed by atoms with E-state index in [1.165, 1.54) is 16.3 Å². The Morgan fingerprint density at radius 3 is 2.42 bits per heavy atom. The van der Waals surface area contributed by atoms with Gasteiger partial charge in [0.1, 0.15) is 0 Å². The molecule has 0 aliphatic carbocycles. The average molecular weight is 256 g/mol. The lowest BCUT2D eigenvalue weighted by Crippen LogP contribution is -2.31. The molecule has 0 saturated carbocycles. The van der Waals surface area contributed by atoms with E-state index in [9.17, 15) is 0 Å². The quantitative estimate of drug-likeness (QED) is 0.828. The Balaban J connectivity index is 2.45. The number of nitrogens with one attached hydrogen (secondary N) is 2. The molecule has 2 aromatic carbocycles. The van der Waals surface area contributed by atoms with Crippen LogP contribution in [0.4, 0.5) is 0 Å². The molecule has 0 fully saturated rings. The van der Waals surface area contributed by atoms with Gasteiger partial charge in [-0.3, -0.25) is 0 Å². The summed E-state index contributed by atoms with van der Waals surface area (Å²) in [7, 11) is 4.09. The van der Waals surface area contributed by atoms with Gasteiger partial charge in [0.2, 0.25) is 0 Å². The predicted octanol–water partition coefficient (Wildman–Crippen LogP) is 3.35. The molecule has 102 valence electrons. The minimum atomic E-state index is 0.392. The molecule has 0 aliphatic heterocycles. The molecule has 0 aliphatic rings. The zero-order valence-electron chi connectivity index (χ0n) is 12.1. The van der Waals surface area contributed by atoms with Crippen molar-refractivity contribution < 1.29 is 0 Å². The maximum atomic E-state index is 3.51. The minimum absolute atomic E-state index is 0.392. The number of rotatable bonds is 6. The second kappa shape index (κ2) is 6.69. The maximum absolute atomic E-state index is 3.51. The van der Waals surface area contributed by atoms with E-state index in [2.05, 4.69) is 67.1 Å². The molecule has 0 amide bonds. The lowest BCUT2D eigenvalue weighted by molar-refractivity contribution is 0.361. The smallest absolute Gasteiger partial charge is 0.0364 e. The van der Waals surface area contributed by atoms with Gasteiger partial charge in [-0.05, 0) is 42.9 Å². The summed E-state index contributed by atoms with van der Waals surface area (Å²) in [5.41, 5.74) is 1.41. The molecular formula is C17H24N2. The average Bonchev–Trinajstić information content (AvgIpc) is 2.47. The van der Waals surface area contributed by atoms with E-state index in [1.54, 1.807) is 0 Å². The minimum Gasteiger partial charge on any atom is -0.319 e. The van der Waals surface area contributed by atoms with Crippen LogP contribution in [0.1, 0.15) is 24.9 Å². The molecule has 0 bridgehead atoms. The lowest BCUT2D eigenvalue weighted by Gasteiger charge is -2.27. The molecule has 0 heterocycles. The third kappa shape index (κ3) is 2.96. The van der Waals surface area contributed by atoms with E-state index in [-0.39, 0.29) is 0 Å². The Morgan fingerprint density at radius 2 is 1.74 bits per heavy atom. The van der Waals surface area contributed by atoms with Crippen molar-refractivity contribution in [3.05, 3.63) is 48.0 Å². The van der Waals surface area contributed by atoms with Gasteiger partial charge in [-0.1, -0.05) is 55.8 Å². The molecule has 2 atom stereocenters. The zero-order chi connectivity index (χ0) is 13.7. The van der Waals surface area contributed by atoms with Gasteiger partial charge in [0.05, 0.1) is 0 Å². The van der Waals surface area contributed by atoms with Crippen LogP contribution in [0.15, 0.2) is 42.5 Å². The SMILES string of the molecule is CCC(CNC)C(NC)c1cccc2ccccc12. The number of fused-ring (bicyclic) bond motifs is 1. The Kier molecular flexibility index (Phi) is 4.94. The molecule has 19 heavy (non-hydrogen) atoms. The molecule has 0 radical (unpaired) electrons. The number of benzene rings is 2. The van der Waals surface area contributed by atoms with Crippen molar-refractivity contribution in [3.8, 4) is 0 Å². The van der Waals surface area contributed by atoms with Gasteiger partial charge in [0, 0.05) is 6.04 Å². The van der Waals surface area contributed by atoms with Crippen LogP contribution in [0, 0.1) is 5.92 Å². The molecule has 0 spiro atoms. The van der Waals surface area contributed by atoms with Gasteiger partial charge in [-0.25, -0.2) is 0 Å². The van der Waals surface area contributed by atoms with E-state index in [0.717, 1.165) is 13.0 Å². The molecule has 0 aromatic heterocycles. The largest absolute Gasteiger partial charge is 0.319 e. The summed E-state index contributed by atoms with van der Waals surface area (Å²) in [5, 5.41) is 9.50. The first-order valence-electron chi connectivity index (χ1n) is 7.11. The van der Waals surface area contributed by atoms with Gasteiger partial charge >= 0.3 is 0 Å². The summed E-state index contributed by atoms with van der Waals surface area (Å²) in [4.78, 5) is 0. The normalized spacial score (nSPS) is 14.5. The fraction of sp³-hybridized carbons (Fsp3) is 0.412. The Bertz CT molecular complexity index is 516. The maximum Gasteiger partial charge on any atom is 0.0364 e. The monoisotopic (exact) mass is 256 g/mol. The standard InChI is InChI=1S/C17H24N2/c1-4-13(12-18-2)17(19-3)16-11-7-9-14-8-5-6-10-15(14)16/h5-11,13,17-19H,4,12H2,1-3H3. The Labute approximate surface area is 116 Å². The molecule has 2 unspecified atom stereocenters. The summed E-state index contributed by atoms with van der Waals surface area (Å²) >= 11 is 0. The summed E-state index contributed by atoms with van der Waals surface area (Å²) in [6.07, 6.45) is 1.16. The van der Waals surface area contributed by atoms with Gasteiger partial charge in [0.25, 0.3) is 0 Å². The summed E-state index contributed by atoms with van der Waals surface area (Å²) in [6, 6.07) is 15.6. The first-order chi connectivity index (χ1) is 9.31. The van der Waals surface area contributed by atoms with Crippen molar-refractivity contribution in [2.75, 3.05) is 20.6 Å². The van der Waals surface area contributed by atoms with Crippen LogP contribution in [-0.2, 0) is 0 Å². The van der Waals surface area contributed by atoms with Crippen molar-refractivity contribution in [1.82, 2.24) is 10.6 Å². The Hall–Kier alpha value is -1.38. The summed E-state index contributed by atoms with van der Waals surface area (Å²) < 4.78 is 0. The predicted molar refractivity (Wildman–Crippen MR) is 83.5 cm³/mol. The highest BCUT2D eigenvalue weighted by Crippen LogP contribution is 2.30. The van der Waals surface area contributed by atoms with E-state index in [1.807, 2.05) is 7.05 Å². The van der Waals surface area contributed by atoms with Crippen LogP contribution >= 0.6 is 0 Å². The highest BCUT2D eigenvalue weighted by molar-refractivity contribution is 5.86. The highest BCUT2D eigenvalue weighted by atomic mass is 14.9. The fourth-order valence-electron chi connectivity index (χ4n) is 2.93. The van der Waals surface area contributed by atoms with Gasteiger partial charge in [-0.2, -0.15) is 0 Å². The summed E-state index contributed by atoms with van der Waals surface area (Å²) in [6.45, 7) is 3.29. The van der Waals surface area contributed by atoms with Crippen LogP contribution in [0.3, 0.4) is 0 Å². The molecule has 0 saturated heterocycles. The third-order valence-corrected chi connectivity index (χ3v) is 3.93. The molecule has 2 heteroatoms. The van der Waals surface area contributed by atoms with Crippen molar-refractivity contribution >= 4 is 10.8 Å². The first-order valence-corrected chi connectivity index (χ1v) is 7.11. The molecule has 2 rings (SSSR count). The van der Waals surface area contributed by atoms with Gasteiger partial charge < -0.3 is 10.6 Å².